The molecule has 1 heterocycles. The fraction of sp³-hybridized carbons (Fsp3) is 0.333. The molecule has 2 N–H and O–H groups in total. The fourth-order valence-corrected chi connectivity index (χ4v) is 1.50. The summed E-state index contributed by atoms with van der Waals surface area (Å²) in [7, 11) is 0. The van der Waals surface area contributed by atoms with E-state index < -0.39 is 17.8 Å². The Morgan fingerprint density at radius 3 is 2.61 bits per heavy atom. The minimum atomic E-state index is -1.08. The van der Waals surface area contributed by atoms with Crippen molar-refractivity contribution in [2.24, 2.45) is 0 Å². The Morgan fingerprint density at radius 1 is 1.39 bits per heavy atom. The Bertz CT molecular complexity index is 441. The summed E-state index contributed by atoms with van der Waals surface area (Å²) in [5.41, 5.74) is -0.226. The van der Waals surface area contributed by atoms with Crippen LogP contribution in [0.25, 0.3) is 0 Å². The molecule has 1 aliphatic rings. The Balaban J connectivity index is 1.78. The quantitative estimate of drug-likeness (QED) is 0.765. The predicted octanol–water partition coefficient (Wildman–Crippen LogP) is 1.11. The minimum absolute atomic E-state index is 0.135. The zero-order chi connectivity index (χ0) is 13.0. The minimum Gasteiger partial charge on any atom is -0.481 e. The molecule has 1 amide bonds. The molecule has 0 spiro atoms. The van der Waals surface area contributed by atoms with Gasteiger partial charge in [0.25, 0.3) is 0 Å². The molecule has 1 fully saturated rings. The Hall–Kier alpha value is -2.08. The van der Waals surface area contributed by atoms with Gasteiger partial charge in [0.2, 0.25) is 0 Å². The van der Waals surface area contributed by atoms with E-state index in [1.165, 1.54) is 0 Å². The van der Waals surface area contributed by atoms with E-state index in [1.54, 1.807) is 0 Å². The summed E-state index contributed by atoms with van der Waals surface area (Å²) in [6.07, 6.45) is -0.953. The molecule has 6 heteroatoms. The third kappa shape index (κ3) is 3.46. The van der Waals surface area contributed by atoms with Gasteiger partial charge in [-0.3, -0.25) is 10.1 Å². The molecule has 1 saturated heterocycles. The van der Waals surface area contributed by atoms with E-state index >= 15 is 0 Å². The summed E-state index contributed by atoms with van der Waals surface area (Å²) in [6.45, 7) is 0.329. The number of carbonyl (C=O) groups excluding carboxylic acids is 1. The van der Waals surface area contributed by atoms with Crippen molar-refractivity contribution >= 4 is 12.1 Å². The number of benzene rings is 1. The Labute approximate surface area is 104 Å². The maximum atomic E-state index is 11.4. The number of epoxide rings is 1. The van der Waals surface area contributed by atoms with Crippen LogP contribution in [0.3, 0.4) is 0 Å². The molecule has 18 heavy (non-hydrogen) atoms. The summed E-state index contributed by atoms with van der Waals surface area (Å²) in [4.78, 5) is 22.0. The highest BCUT2D eigenvalue weighted by Crippen LogP contribution is 2.27. The number of carbonyl (C=O) groups is 2. The third-order valence-corrected chi connectivity index (χ3v) is 2.47. The number of hydrogen-bond acceptors (Lipinski definition) is 4. The van der Waals surface area contributed by atoms with Crippen LogP contribution in [-0.4, -0.2) is 29.5 Å². The SMILES string of the molecule is O=C(O)C[C@@]1(NC(=O)OCc2ccccc2)CO1. The normalized spacial score (nSPS) is 21.1. The number of rotatable bonds is 5. The number of amides is 1. The monoisotopic (exact) mass is 251 g/mol. The number of alkyl carbamates (subject to hydrolysis) is 1. The number of carboxylic acid groups (broad SMARTS) is 1. The second-order valence-corrected chi connectivity index (χ2v) is 4.04. The van der Waals surface area contributed by atoms with E-state index in [-0.39, 0.29) is 19.6 Å². The van der Waals surface area contributed by atoms with Crippen LogP contribution < -0.4 is 5.32 Å². The molecular formula is C12H13NO5. The number of carboxylic acids is 1. The van der Waals surface area contributed by atoms with Gasteiger partial charge >= 0.3 is 12.1 Å². The van der Waals surface area contributed by atoms with E-state index in [0.29, 0.717) is 0 Å². The van der Waals surface area contributed by atoms with E-state index in [4.69, 9.17) is 14.6 Å². The number of ether oxygens (including phenoxy) is 2. The van der Waals surface area contributed by atoms with Gasteiger partial charge in [0.05, 0.1) is 13.0 Å². The number of aliphatic carboxylic acids is 1. The van der Waals surface area contributed by atoms with Gasteiger partial charge in [-0.05, 0) is 5.56 Å². The van der Waals surface area contributed by atoms with Crippen molar-refractivity contribution in [3.05, 3.63) is 35.9 Å². The average molecular weight is 251 g/mol. The maximum absolute atomic E-state index is 11.4. The predicted molar refractivity (Wildman–Crippen MR) is 60.7 cm³/mol. The molecule has 0 bridgehead atoms. The lowest BCUT2D eigenvalue weighted by molar-refractivity contribution is -0.138. The summed E-state index contributed by atoms with van der Waals surface area (Å²) >= 11 is 0. The molecule has 1 atom stereocenters. The zero-order valence-electron chi connectivity index (χ0n) is 9.59. The molecule has 6 nitrogen and oxygen atoms in total. The van der Waals surface area contributed by atoms with E-state index in [0.717, 1.165) is 5.56 Å². The van der Waals surface area contributed by atoms with Crippen LogP contribution in [0.5, 0.6) is 0 Å². The van der Waals surface area contributed by atoms with Crippen LogP contribution >= 0.6 is 0 Å². The summed E-state index contributed by atoms with van der Waals surface area (Å²) < 4.78 is 9.90. The van der Waals surface area contributed by atoms with Crippen LogP contribution in [0.1, 0.15) is 12.0 Å². The summed E-state index contributed by atoms with van der Waals surface area (Å²) in [5.74, 6) is -1.03. The Morgan fingerprint density at radius 2 is 2.06 bits per heavy atom. The lowest BCUT2D eigenvalue weighted by Gasteiger charge is -2.12. The van der Waals surface area contributed by atoms with Crippen molar-refractivity contribution in [3.63, 3.8) is 0 Å². The van der Waals surface area contributed by atoms with Crippen molar-refractivity contribution in [1.29, 1.82) is 0 Å². The molecule has 2 rings (SSSR count). The highest BCUT2D eigenvalue weighted by atomic mass is 16.6. The van der Waals surface area contributed by atoms with Crippen molar-refractivity contribution in [1.82, 2.24) is 5.32 Å². The lowest BCUT2D eigenvalue weighted by atomic mass is 10.2. The van der Waals surface area contributed by atoms with Gasteiger partial charge < -0.3 is 14.6 Å². The first-order chi connectivity index (χ1) is 8.60. The molecule has 0 saturated carbocycles. The lowest BCUT2D eigenvalue weighted by Crippen LogP contribution is -2.40. The second kappa shape index (κ2) is 5.05. The molecular weight excluding hydrogens is 238 g/mol. The highest BCUT2D eigenvalue weighted by Gasteiger charge is 2.48. The van der Waals surface area contributed by atoms with Gasteiger partial charge in [-0.1, -0.05) is 30.3 Å². The van der Waals surface area contributed by atoms with Gasteiger partial charge in [0.15, 0.2) is 5.72 Å². The molecule has 0 aromatic heterocycles. The zero-order valence-corrected chi connectivity index (χ0v) is 9.59. The van der Waals surface area contributed by atoms with E-state index in [2.05, 4.69) is 5.32 Å². The standard InChI is InChI=1S/C12H13NO5/c14-10(15)6-12(8-18-12)13-11(16)17-7-9-4-2-1-3-5-9/h1-5H,6-8H2,(H,13,16)(H,14,15)/t12-/m0/s1. The smallest absolute Gasteiger partial charge is 0.409 e. The van der Waals surface area contributed by atoms with Crippen molar-refractivity contribution in [2.75, 3.05) is 6.61 Å². The van der Waals surface area contributed by atoms with Gasteiger partial charge in [0.1, 0.15) is 6.61 Å². The van der Waals surface area contributed by atoms with E-state index in [9.17, 15) is 9.59 Å². The van der Waals surface area contributed by atoms with Crippen molar-refractivity contribution < 1.29 is 24.2 Å². The summed E-state index contributed by atoms with van der Waals surface area (Å²) in [6, 6.07) is 9.20. The second-order valence-electron chi connectivity index (χ2n) is 4.04. The van der Waals surface area contributed by atoms with Gasteiger partial charge in [-0.2, -0.15) is 0 Å². The topological polar surface area (TPSA) is 88.2 Å². The van der Waals surface area contributed by atoms with Crippen LogP contribution in [0.2, 0.25) is 0 Å². The first-order valence-corrected chi connectivity index (χ1v) is 5.44. The molecule has 1 aromatic carbocycles. The molecule has 1 aromatic rings. The van der Waals surface area contributed by atoms with Crippen molar-refractivity contribution in [3.8, 4) is 0 Å². The van der Waals surface area contributed by atoms with Gasteiger partial charge in [-0.15, -0.1) is 0 Å². The van der Waals surface area contributed by atoms with Crippen LogP contribution in [0.4, 0.5) is 4.79 Å². The van der Waals surface area contributed by atoms with Crippen LogP contribution in [0, 0.1) is 0 Å². The van der Waals surface area contributed by atoms with Crippen molar-refractivity contribution in [2.45, 2.75) is 18.8 Å². The maximum Gasteiger partial charge on any atom is 0.409 e. The van der Waals surface area contributed by atoms with E-state index in [1.807, 2.05) is 30.3 Å². The molecule has 0 radical (unpaired) electrons. The largest absolute Gasteiger partial charge is 0.481 e. The van der Waals surface area contributed by atoms with Gasteiger partial charge in [0, 0.05) is 0 Å². The summed E-state index contributed by atoms with van der Waals surface area (Å²) in [5, 5.41) is 11.0. The molecule has 1 aliphatic heterocycles. The number of nitrogens with one attached hydrogen (secondary N) is 1. The fourth-order valence-electron chi connectivity index (χ4n) is 1.50. The molecule has 0 unspecified atom stereocenters. The number of hydrogen-bond donors (Lipinski definition) is 2. The molecule has 0 aliphatic carbocycles. The van der Waals surface area contributed by atoms with Crippen LogP contribution in [0.15, 0.2) is 30.3 Å². The Kier molecular flexibility index (Phi) is 3.47. The van der Waals surface area contributed by atoms with Gasteiger partial charge in [-0.25, -0.2) is 4.79 Å². The first-order valence-electron chi connectivity index (χ1n) is 5.44. The first kappa shape index (κ1) is 12.4. The third-order valence-electron chi connectivity index (χ3n) is 2.47. The molecule has 96 valence electrons. The average Bonchev–Trinajstić information content (AvgIpc) is 3.06. The highest BCUT2D eigenvalue weighted by molar-refractivity contribution is 5.73. The van der Waals surface area contributed by atoms with Crippen LogP contribution in [-0.2, 0) is 20.9 Å².